The van der Waals surface area contributed by atoms with Crippen LogP contribution in [-0.4, -0.2) is 17.6 Å². The highest BCUT2D eigenvalue weighted by Crippen LogP contribution is 2.17. The summed E-state index contributed by atoms with van der Waals surface area (Å²) in [6.07, 6.45) is 2.18. The largest absolute Gasteiger partial charge is 0.481 e. The van der Waals surface area contributed by atoms with Gasteiger partial charge in [0.15, 0.2) is 0 Å². The summed E-state index contributed by atoms with van der Waals surface area (Å²) in [4.78, 5) is 10.4. The second-order valence-electron chi connectivity index (χ2n) is 4.15. The van der Waals surface area contributed by atoms with Crippen LogP contribution in [0, 0.1) is 0 Å². The monoisotopic (exact) mass is 235 g/mol. The minimum atomic E-state index is -0.756. The molecule has 94 valence electrons. The topological polar surface area (TPSA) is 49.3 Å². The normalized spacial score (nSPS) is 12.4. The van der Waals surface area contributed by atoms with E-state index in [0.29, 0.717) is 6.54 Å². The second-order valence-corrected chi connectivity index (χ2v) is 4.15. The van der Waals surface area contributed by atoms with Crippen LogP contribution >= 0.6 is 0 Å². The molecule has 0 saturated carbocycles. The Hall–Kier alpha value is -1.35. The molecule has 1 atom stereocenters. The van der Waals surface area contributed by atoms with E-state index in [4.69, 9.17) is 5.11 Å². The first-order valence-electron chi connectivity index (χ1n) is 6.21. The Morgan fingerprint density at radius 1 is 1.29 bits per heavy atom. The molecule has 17 heavy (non-hydrogen) atoms. The third-order valence-electron chi connectivity index (χ3n) is 2.93. The lowest BCUT2D eigenvalue weighted by molar-refractivity contribution is -0.136. The molecule has 0 spiro atoms. The van der Waals surface area contributed by atoms with Crippen LogP contribution in [0.1, 0.15) is 43.9 Å². The van der Waals surface area contributed by atoms with Gasteiger partial charge in [0.1, 0.15) is 0 Å². The smallest absolute Gasteiger partial charge is 0.304 e. The van der Waals surface area contributed by atoms with E-state index < -0.39 is 5.97 Å². The summed E-state index contributed by atoms with van der Waals surface area (Å²) in [6, 6.07) is 8.77. The van der Waals surface area contributed by atoms with E-state index in [1.165, 1.54) is 11.1 Å². The van der Waals surface area contributed by atoms with Crippen LogP contribution in [-0.2, 0) is 11.2 Å². The van der Waals surface area contributed by atoms with Crippen LogP contribution < -0.4 is 5.32 Å². The fourth-order valence-corrected chi connectivity index (χ4v) is 1.84. The van der Waals surface area contributed by atoms with Crippen molar-refractivity contribution >= 4 is 5.97 Å². The zero-order valence-electron chi connectivity index (χ0n) is 10.6. The van der Waals surface area contributed by atoms with Gasteiger partial charge in [-0.15, -0.1) is 0 Å². The van der Waals surface area contributed by atoms with Gasteiger partial charge in [-0.1, -0.05) is 38.1 Å². The minimum Gasteiger partial charge on any atom is -0.481 e. The predicted octanol–water partition coefficient (Wildman–Crippen LogP) is 2.76. The van der Waals surface area contributed by atoms with Gasteiger partial charge in [0.05, 0.1) is 6.42 Å². The molecule has 1 rings (SSSR count). The fraction of sp³-hybridized carbons (Fsp3) is 0.500. The molecular formula is C14H21NO2. The summed E-state index contributed by atoms with van der Waals surface area (Å²) in [5.41, 5.74) is 2.56. The highest BCUT2D eigenvalue weighted by atomic mass is 16.4. The highest BCUT2D eigenvalue weighted by molar-refractivity contribution is 5.66. The van der Waals surface area contributed by atoms with Crippen molar-refractivity contribution in [2.75, 3.05) is 6.54 Å². The van der Waals surface area contributed by atoms with Crippen molar-refractivity contribution in [2.24, 2.45) is 0 Å². The predicted molar refractivity (Wildman–Crippen MR) is 69.1 cm³/mol. The number of aryl methyl sites for hydroxylation is 1. The summed E-state index contributed by atoms with van der Waals surface area (Å²) in [7, 11) is 0. The number of rotatable bonds is 7. The highest BCUT2D eigenvalue weighted by Gasteiger charge is 2.08. The van der Waals surface area contributed by atoms with Gasteiger partial charge in [0, 0.05) is 12.6 Å². The molecule has 3 nitrogen and oxygen atoms in total. The number of aliphatic carboxylic acids is 1. The Labute approximate surface area is 103 Å². The lowest BCUT2D eigenvalue weighted by atomic mass is 10.0. The average Bonchev–Trinajstić information content (AvgIpc) is 2.34. The van der Waals surface area contributed by atoms with E-state index in [-0.39, 0.29) is 12.5 Å². The van der Waals surface area contributed by atoms with Gasteiger partial charge >= 0.3 is 5.97 Å². The molecule has 3 heteroatoms. The van der Waals surface area contributed by atoms with Crippen molar-refractivity contribution in [3.63, 3.8) is 0 Å². The van der Waals surface area contributed by atoms with Gasteiger partial charge in [0.2, 0.25) is 0 Å². The molecule has 0 saturated heterocycles. The van der Waals surface area contributed by atoms with Gasteiger partial charge < -0.3 is 10.4 Å². The SMILES string of the molecule is CCc1ccc(C(CC)NCCC(=O)O)cc1. The standard InChI is InChI=1S/C14H21NO2/c1-3-11-5-7-12(8-6-11)13(4-2)15-10-9-14(16)17/h5-8,13,15H,3-4,9-10H2,1-2H3,(H,16,17). The molecule has 0 aliphatic carbocycles. The van der Waals surface area contributed by atoms with Crippen LogP contribution in [0.25, 0.3) is 0 Å². The van der Waals surface area contributed by atoms with E-state index >= 15 is 0 Å². The van der Waals surface area contributed by atoms with Gasteiger partial charge in [-0.25, -0.2) is 0 Å². The van der Waals surface area contributed by atoms with Gasteiger partial charge in [-0.2, -0.15) is 0 Å². The Kier molecular flexibility index (Phi) is 5.70. The van der Waals surface area contributed by atoms with E-state index in [1.807, 2.05) is 0 Å². The first-order chi connectivity index (χ1) is 8.17. The third-order valence-corrected chi connectivity index (χ3v) is 2.93. The lowest BCUT2D eigenvalue weighted by Crippen LogP contribution is -2.23. The summed E-state index contributed by atoms with van der Waals surface area (Å²) in [5.74, 6) is -0.756. The molecule has 0 amide bonds. The van der Waals surface area contributed by atoms with E-state index in [2.05, 4.69) is 43.4 Å². The number of hydrogen-bond acceptors (Lipinski definition) is 2. The van der Waals surface area contributed by atoms with Crippen molar-refractivity contribution in [3.05, 3.63) is 35.4 Å². The van der Waals surface area contributed by atoms with Crippen LogP contribution in [0.3, 0.4) is 0 Å². The summed E-state index contributed by atoms with van der Waals surface area (Å²) in [6.45, 7) is 4.76. The lowest BCUT2D eigenvalue weighted by Gasteiger charge is -2.17. The number of nitrogens with one attached hydrogen (secondary N) is 1. The molecule has 1 aromatic carbocycles. The summed E-state index contributed by atoms with van der Waals surface area (Å²) < 4.78 is 0. The van der Waals surface area contributed by atoms with Crippen molar-refractivity contribution in [2.45, 2.75) is 39.2 Å². The molecule has 0 heterocycles. The number of carbonyl (C=O) groups is 1. The Morgan fingerprint density at radius 2 is 1.94 bits per heavy atom. The minimum absolute atomic E-state index is 0.170. The van der Waals surface area contributed by atoms with Gasteiger partial charge in [0.25, 0.3) is 0 Å². The number of hydrogen-bond donors (Lipinski definition) is 2. The molecule has 0 bridgehead atoms. The van der Waals surface area contributed by atoms with Crippen LogP contribution in [0.4, 0.5) is 0 Å². The maximum absolute atomic E-state index is 10.4. The zero-order chi connectivity index (χ0) is 12.7. The van der Waals surface area contributed by atoms with Gasteiger partial charge in [-0.05, 0) is 24.0 Å². The molecule has 0 aromatic heterocycles. The first-order valence-corrected chi connectivity index (χ1v) is 6.21. The molecule has 2 N–H and O–H groups in total. The summed E-state index contributed by atoms with van der Waals surface area (Å²) >= 11 is 0. The maximum Gasteiger partial charge on any atom is 0.304 e. The first kappa shape index (κ1) is 13.7. The van der Waals surface area contributed by atoms with Crippen LogP contribution in [0.15, 0.2) is 24.3 Å². The Balaban J connectivity index is 2.56. The van der Waals surface area contributed by atoms with E-state index in [1.54, 1.807) is 0 Å². The molecule has 0 fully saturated rings. The number of benzene rings is 1. The zero-order valence-corrected chi connectivity index (χ0v) is 10.6. The average molecular weight is 235 g/mol. The molecule has 1 aromatic rings. The fourth-order valence-electron chi connectivity index (χ4n) is 1.84. The van der Waals surface area contributed by atoms with Crippen molar-refractivity contribution < 1.29 is 9.90 Å². The van der Waals surface area contributed by atoms with E-state index in [9.17, 15) is 4.79 Å². The van der Waals surface area contributed by atoms with Crippen molar-refractivity contribution in [1.29, 1.82) is 0 Å². The molecular weight excluding hydrogens is 214 g/mol. The molecule has 0 aliphatic rings. The van der Waals surface area contributed by atoms with Crippen molar-refractivity contribution in [3.8, 4) is 0 Å². The van der Waals surface area contributed by atoms with Crippen LogP contribution in [0.2, 0.25) is 0 Å². The quantitative estimate of drug-likeness (QED) is 0.764. The second kappa shape index (κ2) is 7.07. The molecule has 1 unspecified atom stereocenters. The number of carboxylic acids is 1. The maximum atomic E-state index is 10.4. The summed E-state index contributed by atoms with van der Waals surface area (Å²) in [5, 5.41) is 11.9. The van der Waals surface area contributed by atoms with Crippen molar-refractivity contribution in [1.82, 2.24) is 5.32 Å². The van der Waals surface area contributed by atoms with Gasteiger partial charge in [-0.3, -0.25) is 4.79 Å². The Morgan fingerprint density at radius 3 is 2.41 bits per heavy atom. The number of carboxylic acid groups (broad SMARTS) is 1. The Bertz CT molecular complexity index is 346. The molecule has 0 aliphatic heterocycles. The third kappa shape index (κ3) is 4.57. The van der Waals surface area contributed by atoms with E-state index in [0.717, 1.165) is 12.8 Å². The van der Waals surface area contributed by atoms with Crippen LogP contribution in [0.5, 0.6) is 0 Å². The molecule has 0 radical (unpaired) electrons.